The fraction of sp³-hybridized carbons (Fsp3) is 0.235. The lowest BCUT2D eigenvalue weighted by molar-refractivity contribution is 0.0845. The van der Waals surface area contributed by atoms with Crippen molar-refractivity contribution in [3.8, 4) is 23.0 Å². The molecule has 2 N–H and O–H groups in total. The van der Waals surface area contributed by atoms with E-state index in [0.717, 1.165) is 5.56 Å². The number of carbonyl (C=O) groups is 1. The smallest absolute Gasteiger partial charge is 0.174 e. The summed E-state index contributed by atoms with van der Waals surface area (Å²) in [6.45, 7) is 1.82. The average Bonchev–Trinajstić information content (AvgIpc) is 2.45. The van der Waals surface area contributed by atoms with Gasteiger partial charge in [0, 0.05) is 0 Å². The maximum absolute atomic E-state index is 12.3. The molecule has 0 saturated carbocycles. The van der Waals surface area contributed by atoms with Gasteiger partial charge in [-0.25, -0.2) is 0 Å². The van der Waals surface area contributed by atoms with Crippen LogP contribution in [0.2, 0.25) is 0 Å². The molecule has 22 heavy (non-hydrogen) atoms. The zero-order valence-electron chi connectivity index (χ0n) is 12.3. The van der Waals surface area contributed by atoms with Crippen LogP contribution in [0.4, 0.5) is 0 Å². The molecular formula is C17H16O5. The van der Waals surface area contributed by atoms with E-state index in [2.05, 4.69) is 0 Å². The van der Waals surface area contributed by atoms with Gasteiger partial charge in [0.1, 0.15) is 23.2 Å². The largest absolute Gasteiger partial charge is 0.507 e. The number of aryl methyl sites for hydroxylation is 1. The van der Waals surface area contributed by atoms with Gasteiger partial charge in [-0.2, -0.15) is 0 Å². The number of methoxy groups -OCH3 is 1. The van der Waals surface area contributed by atoms with E-state index in [4.69, 9.17) is 9.47 Å². The lowest BCUT2D eigenvalue weighted by Crippen LogP contribution is -2.20. The summed E-state index contributed by atoms with van der Waals surface area (Å²) in [6, 6.07) is 8.17. The third kappa shape index (κ3) is 2.35. The Morgan fingerprint density at radius 1 is 1.18 bits per heavy atom. The van der Waals surface area contributed by atoms with E-state index >= 15 is 0 Å². The van der Waals surface area contributed by atoms with E-state index in [-0.39, 0.29) is 29.3 Å². The molecule has 114 valence electrons. The number of ether oxygens (including phenoxy) is 2. The van der Waals surface area contributed by atoms with Crippen molar-refractivity contribution >= 4 is 5.78 Å². The van der Waals surface area contributed by atoms with E-state index in [1.165, 1.54) is 13.2 Å². The molecule has 0 aromatic heterocycles. The SMILES string of the molecule is COc1ccc(C2CC(=O)c3c(O)cc(C)cc3O2)cc1O. The number of benzene rings is 2. The van der Waals surface area contributed by atoms with E-state index in [0.29, 0.717) is 17.1 Å². The van der Waals surface area contributed by atoms with E-state index < -0.39 is 6.10 Å². The van der Waals surface area contributed by atoms with Gasteiger partial charge >= 0.3 is 0 Å². The van der Waals surface area contributed by atoms with Crippen molar-refractivity contribution in [2.75, 3.05) is 7.11 Å². The molecule has 1 aliphatic rings. The molecule has 1 heterocycles. The van der Waals surface area contributed by atoms with Crippen molar-refractivity contribution in [2.24, 2.45) is 0 Å². The van der Waals surface area contributed by atoms with Crippen LogP contribution in [0.25, 0.3) is 0 Å². The maximum Gasteiger partial charge on any atom is 0.174 e. The van der Waals surface area contributed by atoms with Crippen LogP contribution in [0.1, 0.15) is 34.0 Å². The number of rotatable bonds is 2. The first kappa shape index (κ1) is 14.3. The molecule has 1 unspecified atom stereocenters. The molecule has 5 nitrogen and oxygen atoms in total. The van der Waals surface area contributed by atoms with Crippen LogP contribution in [-0.2, 0) is 0 Å². The normalized spacial score (nSPS) is 16.8. The molecule has 2 aromatic rings. The molecule has 1 aliphatic heterocycles. The number of Topliss-reactive ketones (excluding diaryl/α,β-unsaturated/α-hetero) is 1. The summed E-state index contributed by atoms with van der Waals surface area (Å²) in [7, 11) is 1.47. The van der Waals surface area contributed by atoms with Crippen molar-refractivity contribution in [2.45, 2.75) is 19.4 Å². The minimum Gasteiger partial charge on any atom is -0.507 e. The fourth-order valence-corrected chi connectivity index (χ4v) is 2.67. The molecular weight excluding hydrogens is 284 g/mol. The maximum atomic E-state index is 12.3. The Morgan fingerprint density at radius 2 is 1.95 bits per heavy atom. The summed E-state index contributed by atoms with van der Waals surface area (Å²) < 4.78 is 10.9. The number of hydrogen-bond donors (Lipinski definition) is 2. The topological polar surface area (TPSA) is 76.0 Å². The summed E-state index contributed by atoms with van der Waals surface area (Å²) in [5, 5.41) is 19.8. The molecule has 0 saturated heterocycles. The third-order valence-corrected chi connectivity index (χ3v) is 3.72. The highest BCUT2D eigenvalue weighted by atomic mass is 16.5. The zero-order valence-corrected chi connectivity index (χ0v) is 12.3. The van der Waals surface area contributed by atoms with Crippen LogP contribution in [0.5, 0.6) is 23.0 Å². The zero-order chi connectivity index (χ0) is 15.9. The quantitative estimate of drug-likeness (QED) is 0.891. The lowest BCUT2D eigenvalue weighted by atomic mass is 9.94. The van der Waals surface area contributed by atoms with Crippen molar-refractivity contribution in [1.82, 2.24) is 0 Å². The minimum absolute atomic E-state index is 0.00562. The van der Waals surface area contributed by atoms with Gasteiger partial charge in [0.25, 0.3) is 0 Å². The molecule has 0 amide bonds. The van der Waals surface area contributed by atoms with E-state index in [1.807, 2.05) is 6.92 Å². The first-order valence-electron chi connectivity index (χ1n) is 6.90. The summed E-state index contributed by atoms with van der Waals surface area (Å²) in [6.07, 6.45) is -0.395. The number of aromatic hydroxyl groups is 2. The molecule has 0 bridgehead atoms. The molecule has 1 atom stereocenters. The van der Waals surface area contributed by atoms with Crippen LogP contribution in [0.15, 0.2) is 30.3 Å². The Kier molecular flexibility index (Phi) is 3.41. The van der Waals surface area contributed by atoms with Crippen LogP contribution in [0, 0.1) is 6.92 Å². The Bertz CT molecular complexity index is 751. The van der Waals surface area contributed by atoms with E-state index in [1.54, 1.807) is 24.3 Å². The van der Waals surface area contributed by atoms with Gasteiger partial charge in [0.2, 0.25) is 0 Å². The van der Waals surface area contributed by atoms with Crippen molar-refractivity contribution in [1.29, 1.82) is 0 Å². The Hall–Kier alpha value is -2.69. The van der Waals surface area contributed by atoms with Gasteiger partial charge in [-0.1, -0.05) is 6.07 Å². The van der Waals surface area contributed by atoms with Crippen LogP contribution in [-0.4, -0.2) is 23.1 Å². The second-order valence-electron chi connectivity index (χ2n) is 5.32. The second kappa shape index (κ2) is 5.26. The van der Waals surface area contributed by atoms with Crippen LogP contribution >= 0.6 is 0 Å². The third-order valence-electron chi connectivity index (χ3n) is 3.72. The predicted molar refractivity (Wildman–Crippen MR) is 79.8 cm³/mol. The molecule has 3 rings (SSSR count). The standard InChI is InChI=1S/C17H16O5/c1-9-5-12(19)17-13(20)8-15(22-16(17)6-9)10-3-4-14(21-2)11(18)7-10/h3-7,15,18-19H,8H2,1-2H3. The highest BCUT2D eigenvalue weighted by Crippen LogP contribution is 2.41. The minimum atomic E-state index is -0.502. The van der Waals surface area contributed by atoms with Gasteiger partial charge in [-0.05, 0) is 42.3 Å². The van der Waals surface area contributed by atoms with Crippen LogP contribution < -0.4 is 9.47 Å². The first-order chi connectivity index (χ1) is 10.5. The summed E-state index contributed by atoms with van der Waals surface area (Å²) in [5.41, 5.74) is 1.71. The highest BCUT2D eigenvalue weighted by molar-refractivity contribution is 6.02. The molecule has 0 spiro atoms. The summed E-state index contributed by atoms with van der Waals surface area (Å²) >= 11 is 0. The molecule has 5 heteroatoms. The first-order valence-corrected chi connectivity index (χ1v) is 6.90. The fourth-order valence-electron chi connectivity index (χ4n) is 2.67. The van der Waals surface area contributed by atoms with Gasteiger partial charge < -0.3 is 19.7 Å². The summed E-state index contributed by atoms with van der Waals surface area (Å²) in [5.74, 6) is 0.484. The predicted octanol–water partition coefficient (Wildman–Crippen LogP) is 3.12. The second-order valence-corrected chi connectivity index (χ2v) is 5.32. The molecule has 2 aromatic carbocycles. The van der Waals surface area contributed by atoms with Crippen molar-refractivity contribution in [3.05, 3.63) is 47.0 Å². The van der Waals surface area contributed by atoms with Crippen molar-refractivity contribution < 1.29 is 24.5 Å². The number of phenols is 2. The molecule has 0 fully saturated rings. The summed E-state index contributed by atoms with van der Waals surface area (Å²) in [4.78, 5) is 12.3. The van der Waals surface area contributed by atoms with Gasteiger partial charge in [0.15, 0.2) is 17.3 Å². The average molecular weight is 300 g/mol. The number of phenolic OH excluding ortho intramolecular Hbond substituents is 2. The van der Waals surface area contributed by atoms with Gasteiger partial charge in [0.05, 0.1) is 13.5 Å². The highest BCUT2D eigenvalue weighted by Gasteiger charge is 2.30. The van der Waals surface area contributed by atoms with Gasteiger partial charge in [-0.15, -0.1) is 0 Å². The van der Waals surface area contributed by atoms with Crippen LogP contribution in [0.3, 0.4) is 0 Å². The van der Waals surface area contributed by atoms with E-state index in [9.17, 15) is 15.0 Å². The Morgan fingerprint density at radius 3 is 2.64 bits per heavy atom. The monoisotopic (exact) mass is 300 g/mol. The number of ketones is 1. The molecule has 0 radical (unpaired) electrons. The Labute approximate surface area is 127 Å². The Balaban J connectivity index is 1.98. The number of fused-ring (bicyclic) bond motifs is 1. The molecule has 0 aliphatic carbocycles. The van der Waals surface area contributed by atoms with Crippen molar-refractivity contribution in [3.63, 3.8) is 0 Å². The number of hydrogen-bond acceptors (Lipinski definition) is 5. The van der Waals surface area contributed by atoms with Gasteiger partial charge in [-0.3, -0.25) is 4.79 Å². The number of carbonyl (C=O) groups excluding carboxylic acids is 1. The lowest BCUT2D eigenvalue weighted by Gasteiger charge is -2.26.